The van der Waals surface area contributed by atoms with E-state index in [2.05, 4.69) is 102 Å². The average molecular weight is 659 g/mol. The van der Waals surface area contributed by atoms with E-state index < -0.39 is 11.9 Å². The Morgan fingerprint density at radius 3 is 0.979 bits per heavy atom. The Hall–Kier alpha value is -3.91. The third-order valence-corrected chi connectivity index (χ3v) is 10.2. The van der Waals surface area contributed by atoms with Crippen molar-refractivity contribution in [3.05, 3.63) is 131 Å². The molecule has 4 aromatic rings. The van der Waals surface area contributed by atoms with Crippen LogP contribution in [0, 0.1) is 0 Å². The number of carboxylic acid groups (broad SMARTS) is 2. The van der Waals surface area contributed by atoms with E-state index in [0.717, 1.165) is 9.79 Å². The van der Waals surface area contributed by atoms with Crippen molar-refractivity contribution in [2.75, 3.05) is 39.3 Å². The van der Waals surface area contributed by atoms with Crippen LogP contribution in [0.3, 0.4) is 0 Å². The van der Waals surface area contributed by atoms with Crippen LogP contribution in [0.2, 0.25) is 0 Å². The van der Waals surface area contributed by atoms with Crippen LogP contribution in [-0.2, 0) is 13.1 Å². The Labute approximate surface area is 286 Å². The molecule has 6 nitrogen and oxygen atoms in total. The number of hydrogen-bond acceptors (Lipinski definition) is 3. The van der Waals surface area contributed by atoms with Gasteiger partial charge in [-0.25, -0.2) is 9.59 Å². The van der Waals surface area contributed by atoms with Crippen LogP contribution in [-0.4, -0.2) is 70.4 Å². The highest BCUT2D eigenvalue weighted by Crippen LogP contribution is 2.28. The molecule has 4 aromatic carbocycles. The maximum atomic E-state index is 10.7. The summed E-state index contributed by atoms with van der Waals surface area (Å²) in [6.07, 6.45) is 0. The van der Waals surface area contributed by atoms with E-state index >= 15 is 0 Å². The maximum absolute atomic E-state index is 10.7. The van der Waals surface area contributed by atoms with Gasteiger partial charge in [0.1, 0.15) is 13.1 Å². The molecule has 4 rings (SSSR count). The van der Waals surface area contributed by atoms with Crippen molar-refractivity contribution in [2.45, 2.75) is 64.4 Å². The Balaban J connectivity index is 0.000000250. The predicted octanol–water partition coefficient (Wildman–Crippen LogP) is 9.36. The summed E-state index contributed by atoms with van der Waals surface area (Å²) in [5.74, 6) is -1.91. The van der Waals surface area contributed by atoms with Gasteiger partial charge in [0, 0.05) is 20.9 Å². The minimum absolute atomic E-state index is 0.241. The van der Waals surface area contributed by atoms with Crippen LogP contribution in [0.5, 0.6) is 0 Å². The number of aromatic carboxylic acids is 2. The smallest absolute Gasteiger partial charge is 0.335 e. The lowest BCUT2D eigenvalue weighted by Crippen LogP contribution is -2.46. The molecule has 0 radical (unpaired) electrons. The molecule has 252 valence electrons. The summed E-state index contributed by atoms with van der Waals surface area (Å²) in [5.41, 5.74) is 3.40. The Kier molecular flexibility index (Phi) is 17.0. The molecule has 0 fully saturated rings. The molecule has 0 atom stereocenters. The zero-order valence-corrected chi connectivity index (χ0v) is 29.9. The molecule has 0 heterocycles. The van der Waals surface area contributed by atoms with Gasteiger partial charge in [0.05, 0.1) is 50.4 Å². The second-order valence-corrected chi connectivity index (χ2v) is 12.8. The second-order valence-electron chi connectivity index (χ2n) is 11.6. The van der Waals surface area contributed by atoms with Crippen molar-refractivity contribution >= 4 is 23.7 Å². The zero-order valence-electron chi connectivity index (χ0n) is 29.1. The number of benzene rings is 4. The maximum Gasteiger partial charge on any atom is 0.335 e. The lowest BCUT2D eigenvalue weighted by molar-refractivity contribution is -0.936. The van der Waals surface area contributed by atoms with Crippen molar-refractivity contribution < 1.29 is 28.8 Å². The SMILES string of the molecule is CC[N+](CC)(CC)Cc1ccccc1.CC[N+](CC)(CC)Cc1ccccc1.O=C(O)c1ccc(Sc2ccc(C(=O)O)cc2)cc1. The van der Waals surface area contributed by atoms with Gasteiger partial charge in [-0.1, -0.05) is 72.4 Å². The summed E-state index contributed by atoms with van der Waals surface area (Å²) in [6, 6.07) is 34.6. The second kappa shape index (κ2) is 20.4. The van der Waals surface area contributed by atoms with Gasteiger partial charge in [-0.3, -0.25) is 0 Å². The largest absolute Gasteiger partial charge is 0.478 e. The molecule has 2 N–H and O–H groups in total. The van der Waals surface area contributed by atoms with E-state index in [1.165, 1.54) is 108 Å². The molecule has 0 saturated heterocycles. The molecule has 0 amide bonds. The highest BCUT2D eigenvalue weighted by molar-refractivity contribution is 7.99. The summed E-state index contributed by atoms with van der Waals surface area (Å²) in [7, 11) is 0. The third kappa shape index (κ3) is 13.0. The van der Waals surface area contributed by atoms with Crippen LogP contribution >= 0.6 is 11.8 Å². The fourth-order valence-corrected chi connectivity index (χ4v) is 6.24. The number of rotatable bonds is 14. The van der Waals surface area contributed by atoms with Crippen LogP contribution < -0.4 is 0 Å². The van der Waals surface area contributed by atoms with E-state index in [9.17, 15) is 9.59 Å². The summed E-state index contributed by atoms with van der Waals surface area (Å²) in [4.78, 5) is 23.2. The first-order chi connectivity index (χ1) is 22.6. The monoisotopic (exact) mass is 658 g/mol. The molecular weight excluding hydrogens is 605 g/mol. The zero-order chi connectivity index (χ0) is 34.7. The van der Waals surface area contributed by atoms with E-state index in [1.807, 2.05) is 0 Å². The minimum Gasteiger partial charge on any atom is -0.478 e. The molecule has 0 aliphatic carbocycles. The van der Waals surface area contributed by atoms with Gasteiger partial charge in [0.25, 0.3) is 0 Å². The lowest BCUT2D eigenvalue weighted by atomic mass is 10.2. The Morgan fingerprint density at radius 2 is 0.745 bits per heavy atom. The topological polar surface area (TPSA) is 74.6 Å². The minimum atomic E-state index is -0.956. The van der Waals surface area contributed by atoms with Gasteiger partial charge in [0.2, 0.25) is 0 Å². The first kappa shape index (κ1) is 39.3. The van der Waals surface area contributed by atoms with Crippen LogP contribution in [0.25, 0.3) is 0 Å². The van der Waals surface area contributed by atoms with Crippen molar-refractivity contribution in [1.82, 2.24) is 0 Å². The highest BCUT2D eigenvalue weighted by Gasteiger charge is 2.21. The molecule has 0 bridgehead atoms. The molecule has 47 heavy (non-hydrogen) atoms. The fraction of sp³-hybridized carbons (Fsp3) is 0.350. The van der Waals surface area contributed by atoms with Crippen molar-refractivity contribution in [1.29, 1.82) is 0 Å². The molecule has 0 spiro atoms. The first-order valence-corrected chi connectivity index (χ1v) is 17.5. The van der Waals surface area contributed by atoms with Gasteiger partial charge in [-0.2, -0.15) is 0 Å². The van der Waals surface area contributed by atoms with Crippen molar-refractivity contribution in [2.24, 2.45) is 0 Å². The van der Waals surface area contributed by atoms with Gasteiger partial charge < -0.3 is 19.2 Å². The first-order valence-electron chi connectivity index (χ1n) is 16.7. The number of hydrogen-bond donors (Lipinski definition) is 2. The van der Waals surface area contributed by atoms with Crippen LogP contribution in [0.15, 0.2) is 119 Å². The fourth-order valence-electron chi connectivity index (χ4n) is 5.42. The molecule has 7 heteroatoms. The van der Waals surface area contributed by atoms with E-state index in [-0.39, 0.29) is 11.1 Å². The van der Waals surface area contributed by atoms with E-state index in [4.69, 9.17) is 10.2 Å². The normalized spacial score (nSPS) is 11.0. The van der Waals surface area contributed by atoms with E-state index in [0.29, 0.717) is 0 Å². The summed E-state index contributed by atoms with van der Waals surface area (Å²) in [5, 5.41) is 17.6. The van der Waals surface area contributed by atoms with Gasteiger partial charge >= 0.3 is 11.9 Å². The lowest BCUT2D eigenvalue weighted by Gasteiger charge is -2.35. The molecule has 0 saturated carbocycles. The predicted molar refractivity (Wildman–Crippen MR) is 195 cm³/mol. The van der Waals surface area contributed by atoms with Crippen molar-refractivity contribution in [3.63, 3.8) is 0 Å². The standard InChI is InChI=1S/C14H10O4S.2C13H22N/c15-13(16)9-1-5-11(6-2-9)19-12-7-3-10(4-8-12)14(17)18;2*1-4-14(5-2,6-3)12-13-10-8-7-9-11-13/h1-8H,(H,15,16)(H,17,18);2*7-11H,4-6,12H2,1-3H3/q;2*+1. The third-order valence-electron chi connectivity index (χ3n) is 9.18. The molecule has 0 aliphatic rings. The summed E-state index contributed by atoms with van der Waals surface area (Å²) >= 11 is 1.44. The van der Waals surface area contributed by atoms with Crippen LogP contribution in [0.4, 0.5) is 0 Å². The molecule has 0 aromatic heterocycles. The average Bonchev–Trinajstić information content (AvgIpc) is 3.11. The molecule has 0 aliphatic heterocycles. The summed E-state index contributed by atoms with van der Waals surface area (Å²) < 4.78 is 2.40. The molecular formula is C40H54N2O4S+2. The van der Waals surface area contributed by atoms with Crippen molar-refractivity contribution in [3.8, 4) is 0 Å². The number of quaternary nitrogens is 2. The van der Waals surface area contributed by atoms with Gasteiger partial charge in [-0.15, -0.1) is 0 Å². The quantitative estimate of drug-likeness (QED) is 0.132. The Bertz CT molecular complexity index is 1320. The number of nitrogens with zero attached hydrogens (tertiary/aromatic N) is 2. The number of carbonyl (C=O) groups is 2. The van der Waals surface area contributed by atoms with Gasteiger partial charge in [0.15, 0.2) is 0 Å². The summed E-state index contributed by atoms with van der Waals surface area (Å²) in [6.45, 7) is 23.4. The highest BCUT2D eigenvalue weighted by atomic mass is 32.2. The van der Waals surface area contributed by atoms with Crippen LogP contribution in [0.1, 0.15) is 73.4 Å². The van der Waals surface area contributed by atoms with Gasteiger partial charge in [-0.05, 0) is 90.1 Å². The van der Waals surface area contributed by atoms with E-state index in [1.54, 1.807) is 24.3 Å². The number of carboxylic acids is 2. The molecule has 0 unspecified atom stereocenters. The Morgan fingerprint density at radius 1 is 0.468 bits per heavy atom.